The van der Waals surface area contributed by atoms with Crippen LogP contribution in [0.3, 0.4) is 0 Å². The molecule has 35 heavy (non-hydrogen) atoms. The van der Waals surface area contributed by atoms with Crippen molar-refractivity contribution in [1.82, 2.24) is 19.6 Å². The number of aryl methyl sites for hydroxylation is 1. The van der Waals surface area contributed by atoms with Crippen LogP contribution in [-0.4, -0.2) is 57.7 Å². The summed E-state index contributed by atoms with van der Waals surface area (Å²) < 4.78 is 1.97. The highest BCUT2D eigenvalue weighted by atomic mass is 16.2. The average molecular weight is 469 g/mol. The minimum absolute atomic E-state index is 0.260. The average Bonchev–Trinajstić information content (AvgIpc) is 3.17. The lowest BCUT2D eigenvalue weighted by Gasteiger charge is -2.47. The molecule has 3 heterocycles. The molecular formula is C30H36N4O. The number of fused-ring (bicyclic) bond motifs is 1. The first kappa shape index (κ1) is 23.6. The van der Waals surface area contributed by atoms with Crippen LogP contribution in [0.15, 0.2) is 66.7 Å². The third-order valence-corrected chi connectivity index (χ3v) is 7.72. The van der Waals surface area contributed by atoms with Gasteiger partial charge in [-0.15, -0.1) is 0 Å². The van der Waals surface area contributed by atoms with Gasteiger partial charge in [0.25, 0.3) is 0 Å². The van der Waals surface area contributed by atoms with Crippen molar-refractivity contribution in [1.29, 1.82) is 0 Å². The number of amides is 1. The van der Waals surface area contributed by atoms with Gasteiger partial charge in [-0.3, -0.25) is 9.69 Å². The summed E-state index contributed by atoms with van der Waals surface area (Å²) in [6.45, 7) is 8.10. The van der Waals surface area contributed by atoms with E-state index in [9.17, 15) is 4.79 Å². The number of nitrogens with zero attached hydrogens (tertiary/aromatic N) is 4. The number of carbonyl (C=O) groups is 1. The molecule has 0 saturated carbocycles. The van der Waals surface area contributed by atoms with E-state index in [1.807, 2.05) is 29.8 Å². The molecule has 0 bridgehead atoms. The Morgan fingerprint density at radius 2 is 1.74 bits per heavy atom. The molecule has 0 radical (unpaired) electrons. The van der Waals surface area contributed by atoms with Gasteiger partial charge in [-0.2, -0.15) is 5.10 Å². The Balaban J connectivity index is 1.22. The van der Waals surface area contributed by atoms with Crippen LogP contribution in [0.4, 0.5) is 0 Å². The van der Waals surface area contributed by atoms with Crippen molar-refractivity contribution in [2.45, 2.75) is 45.6 Å². The summed E-state index contributed by atoms with van der Waals surface area (Å²) in [6.07, 6.45) is 8.31. The quantitative estimate of drug-likeness (QED) is 0.508. The fourth-order valence-electron chi connectivity index (χ4n) is 5.86. The van der Waals surface area contributed by atoms with E-state index in [1.165, 1.54) is 12.0 Å². The van der Waals surface area contributed by atoms with Crippen molar-refractivity contribution >= 4 is 12.0 Å². The normalized spacial score (nSPS) is 20.8. The number of hydrogen-bond acceptors (Lipinski definition) is 3. The lowest BCUT2D eigenvalue weighted by atomic mass is 9.83. The molecule has 5 nitrogen and oxygen atoms in total. The molecular weight excluding hydrogens is 432 g/mol. The van der Waals surface area contributed by atoms with E-state index in [0.717, 1.165) is 61.7 Å². The van der Waals surface area contributed by atoms with Crippen LogP contribution in [0, 0.1) is 19.8 Å². The number of hydrogen-bond donors (Lipinski definition) is 0. The Hall–Kier alpha value is -3.18. The first-order valence-corrected chi connectivity index (χ1v) is 12.9. The first-order chi connectivity index (χ1) is 17.1. The number of carbonyl (C=O) groups excluding carboxylic acids is 1. The molecule has 1 amide bonds. The SMILES string of the molecule is Cc1nn(-c2ccccc2)c(C)c1CC(=O)N1CCC[C@@H]2CN(CC=Cc3ccccc3)CC[C@H]21. The molecule has 2 aliphatic rings. The maximum absolute atomic E-state index is 13.5. The monoisotopic (exact) mass is 468 g/mol. The molecule has 5 rings (SSSR count). The second-order valence-electron chi connectivity index (χ2n) is 9.99. The van der Waals surface area contributed by atoms with E-state index < -0.39 is 0 Å². The largest absolute Gasteiger partial charge is 0.339 e. The molecule has 2 atom stereocenters. The highest BCUT2D eigenvalue weighted by Gasteiger charge is 2.38. The van der Waals surface area contributed by atoms with Gasteiger partial charge in [-0.05, 0) is 56.7 Å². The van der Waals surface area contributed by atoms with E-state index in [4.69, 9.17) is 5.10 Å². The van der Waals surface area contributed by atoms with Crippen LogP contribution in [0.25, 0.3) is 11.8 Å². The number of piperidine rings is 2. The third kappa shape index (κ3) is 5.25. The summed E-state index contributed by atoms with van der Waals surface area (Å²) in [7, 11) is 0. The molecule has 2 aliphatic heterocycles. The second-order valence-corrected chi connectivity index (χ2v) is 9.99. The van der Waals surface area contributed by atoms with Crippen molar-refractivity contribution < 1.29 is 4.79 Å². The number of rotatable bonds is 6. The van der Waals surface area contributed by atoms with E-state index in [2.05, 4.69) is 71.3 Å². The third-order valence-electron chi connectivity index (χ3n) is 7.72. The highest BCUT2D eigenvalue weighted by molar-refractivity contribution is 5.80. The molecule has 3 aromatic rings. The van der Waals surface area contributed by atoms with Crippen LogP contribution >= 0.6 is 0 Å². The smallest absolute Gasteiger partial charge is 0.227 e. The molecule has 1 aromatic heterocycles. The zero-order valence-corrected chi connectivity index (χ0v) is 20.9. The predicted octanol–water partition coefficient (Wildman–Crippen LogP) is 5.06. The summed E-state index contributed by atoms with van der Waals surface area (Å²) in [5.41, 5.74) is 5.38. The predicted molar refractivity (Wildman–Crippen MR) is 141 cm³/mol. The molecule has 0 N–H and O–H groups in total. The van der Waals surface area contributed by atoms with Gasteiger partial charge in [0.15, 0.2) is 0 Å². The van der Waals surface area contributed by atoms with Gasteiger partial charge >= 0.3 is 0 Å². The fraction of sp³-hybridized carbons (Fsp3) is 0.400. The van der Waals surface area contributed by atoms with Crippen LogP contribution in [-0.2, 0) is 11.2 Å². The minimum Gasteiger partial charge on any atom is -0.339 e. The van der Waals surface area contributed by atoms with Gasteiger partial charge in [0.2, 0.25) is 5.91 Å². The second kappa shape index (κ2) is 10.6. The van der Waals surface area contributed by atoms with Crippen molar-refractivity contribution in [3.63, 3.8) is 0 Å². The molecule has 2 saturated heterocycles. The van der Waals surface area contributed by atoms with Crippen LogP contribution < -0.4 is 0 Å². The standard InChI is InChI=1S/C30H36N4O/c1-23-28(24(2)34(31-23)27-15-7-4-8-16-27)21-30(35)33-19-10-14-26-22-32(20-17-29(26)33)18-9-13-25-11-5-3-6-12-25/h3-9,11-13,15-16,26,29H,10,14,17-22H2,1-2H3/t26-,29-/m1/s1. The van der Waals surface area contributed by atoms with Gasteiger partial charge in [0.1, 0.15) is 0 Å². The Morgan fingerprint density at radius 3 is 2.51 bits per heavy atom. The summed E-state index contributed by atoms with van der Waals surface area (Å²) in [5, 5.41) is 4.75. The highest BCUT2D eigenvalue weighted by Crippen LogP contribution is 2.31. The maximum atomic E-state index is 13.5. The molecule has 2 fully saturated rings. The molecule has 0 aliphatic carbocycles. The molecule has 5 heteroatoms. The Bertz CT molecular complexity index is 1170. The summed E-state index contributed by atoms with van der Waals surface area (Å²) in [6, 6.07) is 21.0. The fourth-order valence-corrected chi connectivity index (χ4v) is 5.86. The topological polar surface area (TPSA) is 41.4 Å². The van der Waals surface area contributed by atoms with Gasteiger partial charge < -0.3 is 4.90 Å². The summed E-state index contributed by atoms with van der Waals surface area (Å²) in [5.74, 6) is 0.830. The Labute approximate surface area is 209 Å². The Kier molecular flexibility index (Phi) is 7.14. The van der Waals surface area contributed by atoms with Gasteiger partial charge in [-0.25, -0.2) is 4.68 Å². The van der Waals surface area contributed by atoms with E-state index >= 15 is 0 Å². The first-order valence-electron chi connectivity index (χ1n) is 12.9. The number of benzene rings is 2. The number of para-hydroxylation sites is 1. The van der Waals surface area contributed by atoms with Crippen LogP contribution in [0.5, 0.6) is 0 Å². The van der Waals surface area contributed by atoms with Crippen molar-refractivity contribution in [2.75, 3.05) is 26.2 Å². The van der Waals surface area contributed by atoms with E-state index in [0.29, 0.717) is 18.4 Å². The lowest BCUT2D eigenvalue weighted by molar-refractivity contribution is -0.137. The van der Waals surface area contributed by atoms with Gasteiger partial charge in [0, 0.05) is 43.5 Å². The molecule has 0 spiro atoms. The lowest BCUT2D eigenvalue weighted by Crippen LogP contribution is -2.56. The molecule has 0 unspecified atom stereocenters. The zero-order valence-electron chi connectivity index (χ0n) is 20.9. The maximum Gasteiger partial charge on any atom is 0.227 e. The molecule has 182 valence electrons. The van der Waals surface area contributed by atoms with Crippen molar-refractivity contribution in [3.05, 3.63) is 89.3 Å². The van der Waals surface area contributed by atoms with E-state index in [1.54, 1.807) is 0 Å². The van der Waals surface area contributed by atoms with E-state index in [-0.39, 0.29) is 5.91 Å². The minimum atomic E-state index is 0.260. The summed E-state index contributed by atoms with van der Waals surface area (Å²) >= 11 is 0. The van der Waals surface area contributed by atoms with Crippen LogP contribution in [0.1, 0.15) is 41.8 Å². The van der Waals surface area contributed by atoms with Crippen molar-refractivity contribution in [3.8, 4) is 5.69 Å². The van der Waals surface area contributed by atoms with Crippen molar-refractivity contribution in [2.24, 2.45) is 5.92 Å². The number of aromatic nitrogens is 2. The van der Waals surface area contributed by atoms with Gasteiger partial charge in [-0.1, -0.05) is 60.7 Å². The number of likely N-dealkylation sites (tertiary alicyclic amines) is 2. The van der Waals surface area contributed by atoms with Crippen LogP contribution in [0.2, 0.25) is 0 Å². The van der Waals surface area contributed by atoms with Gasteiger partial charge in [0.05, 0.1) is 17.8 Å². The summed E-state index contributed by atoms with van der Waals surface area (Å²) in [4.78, 5) is 18.3. The Morgan fingerprint density at radius 1 is 1.00 bits per heavy atom. The molecule has 2 aromatic carbocycles. The zero-order chi connectivity index (χ0) is 24.2.